The van der Waals surface area contributed by atoms with Gasteiger partial charge in [0.2, 0.25) is 5.95 Å². The summed E-state index contributed by atoms with van der Waals surface area (Å²) < 4.78 is 8.83. The van der Waals surface area contributed by atoms with E-state index in [0.29, 0.717) is 44.4 Å². The van der Waals surface area contributed by atoms with Gasteiger partial charge < -0.3 is 19.9 Å². The molecule has 10 heteroatoms. The lowest BCUT2D eigenvalue weighted by Crippen LogP contribution is -2.40. The van der Waals surface area contributed by atoms with E-state index in [2.05, 4.69) is 25.4 Å². The van der Waals surface area contributed by atoms with Gasteiger partial charge in [0.05, 0.1) is 31.6 Å². The van der Waals surface area contributed by atoms with Crippen LogP contribution < -0.4 is 10.2 Å². The molecule has 0 saturated carbocycles. The molecule has 2 aromatic heterocycles. The summed E-state index contributed by atoms with van der Waals surface area (Å²) in [5.74, 6) is 1.36. The Kier molecular flexibility index (Phi) is 4.68. The first-order chi connectivity index (χ1) is 14.7. The summed E-state index contributed by atoms with van der Waals surface area (Å²) in [5, 5.41) is 11.9. The number of fused-ring (bicyclic) bond motifs is 1. The number of carbonyl (C=O) groups excluding carboxylic acids is 1. The van der Waals surface area contributed by atoms with E-state index in [1.807, 2.05) is 61.0 Å². The second kappa shape index (κ2) is 7.64. The van der Waals surface area contributed by atoms with Crippen molar-refractivity contribution in [1.29, 1.82) is 0 Å². The summed E-state index contributed by atoms with van der Waals surface area (Å²) in [7, 11) is 1.89. The smallest absolute Gasteiger partial charge is 0.254 e. The minimum absolute atomic E-state index is 0.0288. The summed E-state index contributed by atoms with van der Waals surface area (Å²) >= 11 is 0. The molecule has 5 rings (SSSR count). The van der Waals surface area contributed by atoms with Crippen molar-refractivity contribution in [2.45, 2.75) is 6.54 Å². The van der Waals surface area contributed by atoms with Gasteiger partial charge in [0, 0.05) is 50.0 Å². The molecule has 3 aromatic rings. The Morgan fingerprint density at radius 1 is 1.13 bits per heavy atom. The predicted octanol–water partition coefficient (Wildman–Crippen LogP) is 1.68. The first kappa shape index (κ1) is 18.4. The second-order valence-corrected chi connectivity index (χ2v) is 7.20. The van der Waals surface area contributed by atoms with Crippen LogP contribution in [0.5, 0.6) is 0 Å². The molecule has 1 fully saturated rings. The van der Waals surface area contributed by atoms with E-state index in [-0.39, 0.29) is 5.91 Å². The molecule has 154 valence electrons. The van der Waals surface area contributed by atoms with Gasteiger partial charge in [-0.15, -0.1) is 5.10 Å². The predicted molar refractivity (Wildman–Crippen MR) is 111 cm³/mol. The molecule has 0 unspecified atom stereocenters. The van der Waals surface area contributed by atoms with Crippen LogP contribution in [0.2, 0.25) is 0 Å². The van der Waals surface area contributed by atoms with E-state index in [4.69, 9.17) is 4.74 Å². The van der Waals surface area contributed by atoms with Crippen LogP contribution in [0, 0.1) is 0 Å². The van der Waals surface area contributed by atoms with Crippen molar-refractivity contribution in [3.63, 3.8) is 0 Å². The quantitative estimate of drug-likeness (QED) is 0.705. The largest absolute Gasteiger partial charge is 0.378 e. The lowest BCUT2D eigenvalue weighted by Gasteiger charge is -2.26. The Bertz CT molecular complexity index is 1080. The lowest BCUT2D eigenvalue weighted by molar-refractivity contribution is 0.0303. The van der Waals surface area contributed by atoms with Crippen molar-refractivity contribution in [2.24, 2.45) is 7.05 Å². The number of aryl methyl sites for hydroxylation is 1. The number of anilines is 3. The maximum Gasteiger partial charge on any atom is 0.254 e. The Hall–Kier alpha value is -3.66. The van der Waals surface area contributed by atoms with Crippen LogP contribution in [0.25, 0.3) is 6.20 Å². The summed E-state index contributed by atoms with van der Waals surface area (Å²) in [6.45, 7) is 3.05. The molecule has 2 aliphatic rings. The molecule has 0 radical (unpaired) electrons. The highest BCUT2D eigenvalue weighted by molar-refractivity contribution is 5.94. The molecule has 1 saturated heterocycles. The number of nitrogens with one attached hydrogen (secondary N) is 1. The molecule has 0 bridgehead atoms. The van der Waals surface area contributed by atoms with E-state index in [1.165, 1.54) is 0 Å². The number of nitrogens with zero attached hydrogens (tertiary/aromatic N) is 7. The van der Waals surface area contributed by atoms with Crippen LogP contribution in [0.4, 0.5) is 17.3 Å². The Balaban J connectivity index is 1.25. The van der Waals surface area contributed by atoms with Crippen LogP contribution >= 0.6 is 0 Å². The fourth-order valence-corrected chi connectivity index (χ4v) is 3.49. The summed E-state index contributed by atoms with van der Waals surface area (Å²) in [4.78, 5) is 21.0. The molecular weight excluding hydrogens is 384 g/mol. The number of ether oxygens (including phenoxy) is 1. The lowest BCUT2D eigenvalue weighted by atomic mass is 10.1. The number of hydrogen-bond donors (Lipinski definition) is 1. The number of amides is 1. The topological polar surface area (TPSA) is 93.3 Å². The molecule has 0 atom stereocenters. The normalized spacial score (nSPS) is 15.9. The summed E-state index contributed by atoms with van der Waals surface area (Å²) in [6.07, 6.45) is 7.59. The van der Waals surface area contributed by atoms with Gasteiger partial charge in [0.15, 0.2) is 5.82 Å². The maximum absolute atomic E-state index is 12.6. The van der Waals surface area contributed by atoms with E-state index in [9.17, 15) is 4.79 Å². The highest BCUT2D eigenvalue weighted by Crippen LogP contribution is 2.22. The highest BCUT2D eigenvalue weighted by atomic mass is 16.5. The van der Waals surface area contributed by atoms with Crippen molar-refractivity contribution < 1.29 is 9.53 Å². The van der Waals surface area contributed by atoms with E-state index in [0.717, 1.165) is 17.2 Å². The van der Waals surface area contributed by atoms with E-state index >= 15 is 0 Å². The zero-order chi connectivity index (χ0) is 20.5. The Labute approximate surface area is 173 Å². The van der Waals surface area contributed by atoms with Crippen molar-refractivity contribution in [1.82, 2.24) is 29.4 Å². The van der Waals surface area contributed by atoms with Gasteiger partial charge in [-0.3, -0.25) is 9.48 Å². The van der Waals surface area contributed by atoms with Crippen molar-refractivity contribution in [3.8, 4) is 0 Å². The number of benzene rings is 1. The zero-order valence-electron chi connectivity index (χ0n) is 16.6. The standard InChI is InChI=1S/C20H22N8O2/c1-25-13-17(12-21-25)27-6-7-28-18(14-27)23-20(24-28)22-16-4-2-15(3-5-16)19(29)26-8-10-30-11-9-26/h2-7,12-13H,8-11,14H2,1H3,(H,22,24). The van der Waals surface area contributed by atoms with Gasteiger partial charge in [-0.25, -0.2) is 4.68 Å². The maximum atomic E-state index is 12.6. The monoisotopic (exact) mass is 406 g/mol. The number of morpholine rings is 1. The van der Waals surface area contributed by atoms with Gasteiger partial charge in [0.25, 0.3) is 5.91 Å². The van der Waals surface area contributed by atoms with Crippen LogP contribution in [-0.4, -0.2) is 61.7 Å². The third-order valence-electron chi connectivity index (χ3n) is 5.11. The van der Waals surface area contributed by atoms with E-state index < -0.39 is 0 Å². The van der Waals surface area contributed by atoms with Crippen molar-refractivity contribution in [2.75, 3.05) is 36.5 Å². The minimum Gasteiger partial charge on any atom is -0.378 e. The first-order valence-corrected chi connectivity index (χ1v) is 9.79. The van der Waals surface area contributed by atoms with Crippen molar-refractivity contribution >= 4 is 29.4 Å². The zero-order valence-corrected chi connectivity index (χ0v) is 16.6. The summed E-state index contributed by atoms with van der Waals surface area (Å²) in [6, 6.07) is 7.37. The molecule has 1 amide bonds. The Morgan fingerprint density at radius 2 is 1.93 bits per heavy atom. The third-order valence-corrected chi connectivity index (χ3v) is 5.11. The number of rotatable bonds is 4. The van der Waals surface area contributed by atoms with Crippen LogP contribution in [0.15, 0.2) is 42.9 Å². The average Bonchev–Trinajstić information content (AvgIpc) is 3.39. The molecule has 30 heavy (non-hydrogen) atoms. The molecule has 1 aromatic carbocycles. The minimum atomic E-state index is 0.0288. The Morgan fingerprint density at radius 3 is 2.67 bits per heavy atom. The number of hydrogen-bond acceptors (Lipinski definition) is 7. The highest BCUT2D eigenvalue weighted by Gasteiger charge is 2.19. The molecule has 0 spiro atoms. The van der Waals surface area contributed by atoms with Gasteiger partial charge in [-0.05, 0) is 24.3 Å². The molecular formula is C20H22N8O2. The van der Waals surface area contributed by atoms with Gasteiger partial charge in [-0.2, -0.15) is 10.1 Å². The molecule has 4 heterocycles. The van der Waals surface area contributed by atoms with Crippen LogP contribution in [0.3, 0.4) is 0 Å². The average molecular weight is 406 g/mol. The van der Waals surface area contributed by atoms with Gasteiger partial charge >= 0.3 is 0 Å². The van der Waals surface area contributed by atoms with Gasteiger partial charge in [-0.1, -0.05) is 0 Å². The summed E-state index contributed by atoms with van der Waals surface area (Å²) in [5.41, 5.74) is 2.48. The second-order valence-electron chi connectivity index (χ2n) is 7.20. The molecule has 2 aliphatic heterocycles. The number of aromatic nitrogens is 5. The third kappa shape index (κ3) is 3.64. The van der Waals surface area contributed by atoms with Gasteiger partial charge in [0.1, 0.15) is 0 Å². The molecule has 10 nitrogen and oxygen atoms in total. The first-order valence-electron chi connectivity index (χ1n) is 9.79. The van der Waals surface area contributed by atoms with Crippen molar-refractivity contribution in [3.05, 3.63) is 54.2 Å². The van der Waals surface area contributed by atoms with E-state index in [1.54, 1.807) is 9.36 Å². The molecule has 1 N–H and O–H groups in total. The fraction of sp³-hybridized carbons (Fsp3) is 0.300. The number of carbonyl (C=O) groups is 1. The molecule has 0 aliphatic carbocycles. The SMILES string of the molecule is Cn1cc(N2C=Cn3nc(Nc4ccc(C(=O)N5CCOCC5)cc4)nc3C2)cn1. The fourth-order valence-electron chi connectivity index (χ4n) is 3.49. The van der Waals surface area contributed by atoms with Crippen LogP contribution in [-0.2, 0) is 18.3 Å². The van der Waals surface area contributed by atoms with Crippen LogP contribution in [0.1, 0.15) is 16.2 Å².